The third-order valence-corrected chi connectivity index (χ3v) is 3.78. The maximum Gasteiger partial charge on any atom is 0.238 e. The van der Waals surface area contributed by atoms with E-state index in [9.17, 15) is 12.8 Å². The van der Waals surface area contributed by atoms with Crippen molar-refractivity contribution in [3.63, 3.8) is 0 Å². The zero-order valence-corrected chi connectivity index (χ0v) is 11.2. The molecule has 0 aliphatic carbocycles. The van der Waals surface area contributed by atoms with Crippen LogP contribution in [0.4, 0.5) is 10.2 Å². The van der Waals surface area contributed by atoms with Gasteiger partial charge in [0.05, 0.1) is 5.75 Å². The lowest BCUT2D eigenvalue weighted by atomic mass is 10.2. The van der Waals surface area contributed by atoms with Gasteiger partial charge in [0.25, 0.3) is 0 Å². The molecule has 2 N–H and O–H groups in total. The van der Waals surface area contributed by atoms with Crippen LogP contribution in [-0.2, 0) is 22.2 Å². The van der Waals surface area contributed by atoms with Gasteiger partial charge in [-0.15, -0.1) is 0 Å². The van der Waals surface area contributed by atoms with Crippen LogP contribution in [0.25, 0.3) is 0 Å². The van der Waals surface area contributed by atoms with Crippen molar-refractivity contribution in [2.45, 2.75) is 19.1 Å². The predicted octanol–water partition coefficient (Wildman–Crippen LogP) is 2.05. The SMILES string of the molecule is CCc1cc(NS(=O)(=O)Cc2ccc(F)cc2)n[nH]1. The first-order valence-electron chi connectivity index (χ1n) is 5.78. The van der Waals surface area contributed by atoms with E-state index in [1.165, 1.54) is 24.3 Å². The lowest BCUT2D eigenvalue weighted by Crippen LogP contribution is -2.15. The maximum atomic E-state index is 12.7. The van der Waals surface area contributed by atoms with Gasteiger partial charge >= 0.3 is 0 Å². The van der Waals surface area contributed by atoms with Crippen LogP contribution < -0.4 is 4.72 Å². The summed E-state index contributed by atoms with van der Waals surface area (Å²) in [6.07, 6.45) is 0.743. The normalized spacial score (nSPS) is 11.5. The van der Waals surface area contributed by atoms with Crippen LogP contribution in [0.15, 0.2) is 30.3 Å². The Morgan fingerprint density at radius 1 is 1.32 bits per heavy atom. The van der Waals surface area contributed by atoms with Gasteiger partial charge in [0.1, 0.15) is 5.82 Å². The van der Waals surface area contributed by atoms with Gasteiger partial charge in [-0.25, -0.2) is 12.8 Å². The molecule has 0 fully saturated rings. The second kappa shape index (κ2) is 5.40. The number of hydrogen-bond acceptors (Lipinski definition) is 3. The molecular weight excluding hydrogens is 269 g/mol. The Morgan fingerprint density at radius 3 is 2.58 bits per heavy atom. The number of hydrogen-bond donors (Lipinski definition) is 2. The highest BCUT2D eigenvalue weighted by molar-refractivity contribution is 7.91. The Balaban J connectivity index is 2.08. The van der Waals surface area contributed by atoms with E-state index in [0.717, 1.165) is 12.1 Å². The minimum atomic E-state index is -3.55. The van der Waals surface area contributed by atoms with E-state index in [1.54, 1.807) is 6.07 Å². The minimum Gasteiger partial charge on any atom is -0.280 e. The topological polar surface area (TPSA) is 74.8 Å². The first kappa shape index (κ1) is 13.5. The molecule has 0 unspecified atom stereocenters. The van der Waals surface area contributed by atoms with Gasteiger partial charge in [0.2, 0.25) is 10.0 Å². The van der Waals surface area contributed by atoms with Gasteiger partial charge in [0.15, 0.2) is 5.82 Å². The number of aromatic nitrogens is 2. The number of rotatable bonds is 5. The summed E-state index contributed by atoms with van der Waals surface area (Å²) >= 11 is 0. The van der Waals surface area contributed by atoms with Gasteiger partial charge in [0, 0.05) is 11.8 Å². The fourth-order valence-electron chi connectivity index (χ4n) is 1.59. The predicted molar refractivity (Wildman–Crippen MR) is 70.6 cm³/mol. The fourth-order valence-corrected chi connectivity index (χ4v) is 2.72. The lowest BCUT2D eigenvalue weighted by Gasteiger charge is -2.05. The number of aryl methyl sites for hydroxylation is 1. The summed E-state index contributed by atoms with van der Waals surface area (Å²) in [5.74, 6) is -0.352. The molecule has 1 aromatic heterocycles. The first-order chi connectivity index (χ1) is 8.98. The van der Waals surface area contributed by atoms with Crippen LogP contribution in [0.1, 0.15) is 18.2 Å². The molecule has 102 valence electrons. The highest BCUT2D eigenvalue weighted by atomic mass is 32.2. The Hall–Kier alpha value is -1.89. The molecule has 19 heavy (non-hydrogen) atoms. The van der Waals surface area contributed by atoms with Gasteiger partial charge in [-0.3, -0.25) is 9.82 Å². The molecule has 0 aliphatic rings. The molecule has 0 saturated heterocycles. The smallest absolute Gasteiger partial charge is 0.238 e. The summed E-state index contributed by atoms with van der Waals surface area (Å²) < 4.78 is 38.9. The molecule has 0 saturated carbocycles. The van der Waals surface area contributed by atoms with Crippen molar-refractivity contribution in [2.75, 3.05) is 4.72 Å². The van der Waals surface area contributed by atoms with E-state index < -0.39 is 15.8 Å². The summed E-state index contributed by atoms with van der Waals surface area (Å²) in [6, 6.07) is 6.98. The van der Waals surface area contributed by atoms with Crippen molar-refractivity contribution in [2.24, 2.45) is 0 Å². The second-order valence-electron chi connectivity index (χ2n) is 4.12. The van der Waals surface area contributed by atoms with Gasteiger partial charge in [-0.05, 0) is 24.1 Å². The molecule has 0 bridgehead atoms. The van der Waals surface area contributed by atoms with Crippen molar-refractivity contribution < 1.29 is 12.8 Å². The Bertz CT molecular complexity index is 650. The largest absolute Gasteiger partial charge is 0.280 e. The number of H-pyrrole nitrogens is 1. The first-order valence-corrected chi connectivity index (χ1v) is 7.43. The zero-order chi connectivity index (χ0) is 13.9. The van der Waals surface area contributed by atoms with Crippen molar-refractivity contribution in [3.05, 3.63) is 47.4 Å². The van der Waals surface area contributed by atoms with Crippen LogP contribution in [0.2, 0.25) is 0 Å². The molecular formula is C12H14FN3O2S. The van der Waals surface area contributed by atoms with Gasteiger partial charge in [-0.1, -0.05) is 19.1 Å². The third-order valence-electron chi connectivity index (χ3n) is 2.54. The van der Waals surface area contributed by atoms with Crippen molar-refractivity contribution in [1.82, 2.24) is 10.2 Å². The number of benzene rings is 1. The molecule has 0 spiro atoms. The second-order valence-corrected chi connectivity index (χ2v) is 5.84. The highest BCUT2D eigenvalue weighted by Gasteiger charge is 2.13. The standard InChI is InChI=1S/C12H14FN3O2S/c1-2-11-7-12(15-14-11)16-19(17,18)8-9-3-5-10(13)6-4-9/h3-7H,2,8H2,1H3,(H2,14,15,16). The number of halogens is 1. The molecule has 2 aromatic rings. The molecule has 1 heterocycles. The lowest BCUT2D eigenvalue weighted by molar-refractivity contribution is 0.599. The fraction of sp³-hybridized carbons (Fsp3) is 0.250. The Morgan fingerprint density at radius 2 is 2.00 bits per heavy atom. The van der Waals surface area contributed by atoms with E-state index in [4.69, 9.17) is 0 Å². The van der Waals surface area contributed by atoms with Crippen molar-refractivity contribution >= 4 is 15.8 Å². The number of sulfonamides is 1. The minimum absolute atomic E-state index is 0.221. The van der Waals surface area contributed by atoms with E-state index in [-0.39, 0.29) is 11.6 Å². The molecule has 7 heteroatoms. The van der Waals surface area contributed by atoms with E-state index >= 15 is 0 Å². The molecule has 1 aromatic carbocycles. The Kier molecular flexibility index (Phi) is 3.84. The summed E-state index contributed by atoms with van der Waals surface area (Å²) in [6.45, 7) is 1.93. The summed E-state index contributed by atoms with van der Waals surface area (Å²) in [5, 5.41) is 6.58. The number of anilines is 1. The average Bonchev–Trinajstić information content (AvgIpc) is 2.78. The molecule has 0 aliphatic heterocycles. The van der Waals surface area contributed by atoms with Crippen molar-refractivity contribution in [3.8, 4) is 0 Å². The molecule has 0 amide bonds. The highest BCUT2D eigenvalue weighted by Crippen LogP contribution is 2.12. The maximum absolute atomic E-state index is 12.7. The van der Waals surface area contributed by atoms with Gasteiger partial charge in [-0.2, -0.15) is 5.10 Å². The third kappa shape index (κ3) is 3.78. The molecule has 2 rings (SSSR count). The number of nitrogens with one attached hydrogen (secondary N) is 2. The van der Waals surface area contributed by atoms with E-state index in [1.807, 2.05) is 6.92 Å². The molecule has 0 radical (unpaired) electrons. The summed E-state index contributed by atoms with van der Waals surface area (Å²) in [4.78, 5) is 0. The van der Waals surface area contributed by atoms with Crippen LogP contribution in [-0.4, -0.2) is 18.6 Å². The van der Waals surface area contributed by atoms with Gasteiger partial charge < -0.3 is 0 Å². The van der Waals surface area contributed by atoms with E-state index in [2.05, 4.69) is 14.9 Å². The molecule has 0 atom stereocenters. The molecule has 5 nitrogen and oxygen atoms in total. The van der Waals surface area contributed by atoms with E-state index in [0.29, 0.717) is 5.56 Å². The Labute approximate surface area is 110 Å². The van der Waals surface area contributed by atoms with Crippen LogP contribution >= 0.6 is 0 Å². The zero-order valence-electron chi connectivity index (χ0n) is 10.4. The van der Waals surface area contributed by atoms with Crippen LogP contribution in [0, 0.1) is 5.82 Å². The monoisotopic (exact) mass is 283 g/mol. The average molecular weight is 283 g/mol. The van der Waals surface area contributed by atoms with Crippen LogP contribution in [0.3, 0.4) is 0 Å². The summed E-state index contributed by atoms with van der Waals surface area (Å²) in [5.41, 5.74) is 1.36. The summed E-state index contributed by atoms with van der Waals surface area (Å²) in [7, 11) is -3.55. The van der Waals surface area contributed by atoms with Crippen LogP contribution in [0.5, 0.6) is 0 Å². The number of nitrogens with zero attached hydrogens (tertiary/aromatic N) is 1. The van der Waals surface area contributed by atoms with Crippen molar-refractivity contribution in [1.29, 1.82) is 0 Å². The quantitative estimate of drug-likeness (QED) is 0.882. The number of aromatic amines is 1.